The van der Waals surface area contributed by atoms with Crippen LogP contribution in [0.4, 0.5) is 0 Å². The van der Waals surface area contributed by atoms with Crippen molar-refractivity contribution < 1.29 is 0 Å². The Kier molecular flexibility index (Phi) is 3.28. The molecule has 0 aliphatic rings. The summed E-state index contributed by atoms with van der Waals surface area (Å²) in [5.74, 6) is 0. The fraction of sp³-hybridized carbons (Fsp3) is 0.118. The maximum absolute atomic E-state index is 5.53. The zero-order valence-corrected chi connectivity index (χ0v) is 12.4. The molecule has 0 saturated carbocycles. The molecule has 0 unspecified atom stereocenters. The van der Waals surface area contributed by atoms with Gasteiger partial charge in [0, 0.05) is 25.2 Å². The van der Waals surface area contributed by atoms with Crippen LogP contribution in [0.25, 0.3) is 22.5 Å². The summed E-state index contributed by atoms with van der Waals surface area (Å²) >= 11 is 5.53. The van der Waals surface area contributed by atoms with E-state index in [1.165, 1.54) is 11.1 Å². The van der Waals surface area contributed by atoms with Crippen LogP contribution in [0.5, 0.6) is 0 Å². The lowest BCUT2D eigenvalue weighted by Crippen LogP contribution is -1.92. The van der Waals surface area contributed by atoms with Crippen molar-refractivity contribution in [2.45, 2.75) is 0 Å². The van der Waals surface area contributed by atoms with Crippen LogP contribution in [-0.2, 0) is 14.1 Å². The maximum atomic E-state index is 5.53. The summed E-state index contributed by atoms with van der Waals surface area (Å²) in [6.07, 6.45) is 0. The van der Waals surface area contributed by atoms with Crippen molar-refractivity contribution in [3.05, 3.63) is 65.4 Å². The Morgan fingerprint density at radius 2 is 1.00 bits per heavy atom. The smallest absolute Gasteiger partial charge is 0.180 e. The third-order valence-electron chi connectivity index (χ3n) is 3.56. The lowest BCUT2D eigenvalue weighted by Gasteiger charge is -2.08. The highest BCUT2D eigenvalue weighted by Gasteiger charge is 2.16. The van der Waals surface area contributed by atoms with Crippen molar-refractivity contribution >= 4 is 12.2 Å². The number of hydrogen-bond acceptors (Lipinski definition) is 1. The van der Waals surface area contributed by atoms with E-state index in [2.05, 4.69) is 57.7 Å². The number of hydrogen-bond donors (Lipinski definition) is 0. The van der Waals surface area contributed by atoms with E-state index in [0.717, 1.165) is 16.2 Å². The van der Waals surface area contributed by atoms with Crippen LogP contribution in [0.15, 0.2) is 60.7 Å². The fourth-order valence-corrected chi connectivity index (χ4v) is 2.77. The molecule has 0 aliphatic carbocycles. The molecule has 0 bridgehead atoms. The van der Waals surface area contributed by atoms with Gasteiger partial charge in [0.1, 0.15) is 0 Å². The molecule has 20 heavy (non-hydrogen) atoms. The minimum Gasteiger partial charge on any atom is -0.319 e. The van der Waals surface area contributed by atoms with Crippen LogP contribution in [0.2, 0.25) is 0 Å². The largest absolute Gasteiger partial charge is 0.319 e. The summed E-state index contributed by atoms with van der Waals surface area (Å²) in [6, 6.07) is 20.8. The van der Waals surface area contributed by atoms with Crippen molar-refractivity contribution in [3.8, 4) is 22.5 Å². The minimum absolute atomic E-state index is 0.822. The summed E-state index contributed by atoms with van der Waals surface area (Å²) in [7, 11) is 4.05. The van der Waals surface area contributed by atoms with E-state index >= 15 is 0 Å². The molecule has 3 heteroatoms. The van der Waals surface area contributed by atoms with Gasteiger partial charge in [-0.25, -0.2) is 0 Å². The molecule has 1 aromatic heterocycles. The van der Waals surface area contributed by atoms with Crippen LogP contribution < -0.4 is 0 Å². The molecule has 0 N–H and O–H groups in total. The molecular formula is C17H16N2S. The average Bonchev–Trinajstić information content (AvgIpc) is 2.73. The molecule has 1 heterocycles. The van der Waals surface area contributed by atoms with Crippen LogP contribution in [0.1, 0.15) is 0 Å². The fourth-order valence-electron chi connectivity index (χ4n) is 2.59. The Labute approximate surface area is 123 Å². The first-order valence-corrected chi connectivity index (χ1v) is 6.97. The predicted molar refractivity (Wildman–Crippen MR) is 86.1 cm³/mol. The molecule has 0 fully saturated rings. The van der Waals surface area contributed by atoms with E-state index < -0.39 is 0 Å². The third kappa shape index (κ3) is 2.00. The molecular weight excluding hydrogens is 264 g/mol. The highest BCUT2D eigenvalue weighted by molar-refractivity contribution is 7.71. The summed E-state index contributed by atoms with van der Waals surface area (Å²) in [5.41, 5.74) is 4.68. The number of rotatable bonds is 2. The van der Waals surface area contributed by atoms with E-state index in [9.17, 15) is 0 Å². The van der Waals surface area contributed by atoms with Crippen LogP contribution in [0, 0.1) is 4.77 Å². The minimum atomic E-state index is 0.822. The normalized spacial score (nSPS) is 10.7. The number of imidazole rings is 1. The van der Waals surface area contributed by atoms with E-state index in [1.807, 2.05) is 26.2 Å². The van der Waals surface area contributed by atoms with Gasteiger partial charge in [0.05, 0.1) is 11.4 Å². The lowest BCUT2D eigenvalue weighted by atomic mass is 10.0. The van der Waals surface area contributed by atoms with Gasteiger partial charge in [0.2, 0.25) is 0 Å². The zero-order valence-electron chi connectivity index (χ0n) is 11.6. The molecule has 0 saturated heterocycles. The van der Waals surface area contributed by atoms with Gasteiger partial charge >= 0.3 is 0 Å². The van der Waals surface area contributed by atoms with Crippen molar-refractivity contribution in [3.63, 3.8) is 0 Å². The highest BCUT2D eigenvalue weighted by Crippen LogP contribution is 2.32. The quantitative estimate of drug-likeness (QED) is 0.631. The van der Waals surface area contributed by atoms with Gasteiger partial charge in [-0.05, 0) is 12.2 Å². The lowest BCUT2D eigenvalue weighted by molar-refractivity contribution is 0.818. The van der Waals surface area contributed by atoms with Crippen molar-refractivity contribution in [1.29, 1.82) is 0 Å². The van der Waals surface area contributed by atoms with E-state index in [-0.39, 0.29) is 0 Å². The average molecular weight is 280 g/mol. The zero-order chi connectivity index (χ0) is 14.1. The molecule has 0 radical (unpaired) electrons. The summed E-state index contributed by atoms with van der Waals surface area (Å²) in [4.78, 5) is 0. The van der Waals surface area contributed by atoms with Crippen molar-refractivity contribution in [2.75, 3.05) is 0 Å². The molecule has 3 rings (SSSR count). The Balaban J connectivity index is 2.36. The summed E-state index contributed by atoms with van der Waals surface area (Å²) in [5, 5.41) is 0. The van der Waals surface area contributed by atoms with Gasteiger partial charge in [-0.3, -0.25) is 0 Å². The van der Waals surface area contributed by atoms with Crippen molar-refractivity contribution in [2.24, 2.45) is 14.1 Å². The van der Waals surface area contributed by atoms with Crippen LogP contribution >= 0.6 is 12.2 Å². The first kappa shape index (κ1) is 12.9. The van der Waals surface area contributed by atoms with Gasteiger partial charge in [-0.15, -0.1) is 0 Å². The van der Waals surface area contributed by atoms with Gasteiger partial charge in [-0.1, -0.05) is 60.7 Å². The number of nitrogens with zero attached hydrogens (tertiary/aromatic N) is 2. The first-order chi connectivity index (χ1) is 9.70. The second kappa shape index (κ2) is 5.10. The number of benzene rings is 2. The Hall–Kier alpha value is -2.13. The highest BCUT2D eigenvalue weighted by atomic mass is 32.1. The molecule has 2 aromatic carbocycles. The van der Waals surface area contributed by atoms with Crippen molar-refractivity contribution in [1.82, 2.24) is 9.13 Å². The molecule has 2 nitrogen and oxygen atoms in total. The Morgan fingerprint density at radius 3 is 1.35 bits per heavy atom. The second-order valence-corrected chi connectivity index (χ2v) is 5.20. The summed E-state index contributed by atoms with van der Waals surface area (Å²) < 4.78 is 4.97. The van der Waals surface area contributed by atoms with Gasteiger partial charge in [-0.2, -0.15) is 0 Å². The molecule has 0 amide bonds. The topological polar surface area (TPSA) is 9.86 Å². The van der Waals surface area contributed by atoms with Gasteiger partial charge < -0.3 is 9.13 Å². The SMILES string of the molecule is Cn1c(-c2ccccc2)c(-c2ccccc2)n(C)c1=S. The predicted octanol–water partition coefficient (Wildman–Crippen LogP) is 4.43. The molecule has 0 atom stereocenters. The molecule has 0 spiro atoms. The van der Waals surface area contributed by atoms with E-state index in [1.54, 1.807) is 0 Å². The van der Waals surface area contributed by atoms with Gasteiger partial charge in [0.25, 0.3) is 0 Å². The first-order valence-electron chi connectivity index (χ1n) is 6.56. The van der Waals surface area contributed by atoms with E-state index in [4.69, 9.17) is 12.2 Å². The monoisotopic (exact) mass is 280 g/mol. The van der Waals surface area contributed by atoms with Crippen LogP contribution in [0.3, 0.4) is 0 Å². The Morgan fingerprint density at radius 1 is 0.650 bits per heavy atom. The van der Waals surface area contributed by atoms with Gasteiger partial charge in [0.15, 0.2) is 4.77 Å². The third-order valence-corrected chi connectivity index (χ3v) is 4.11. The molecule has 3 aromatic rings. The number of aromatic nitrogens is 2. The summed E-state index contributed by atoms with van der Waals surface area (Å²) in [6.45, 7) is 0. The maximum Gasteiger partial charge on any atom is 0.180 e. The van der Waals surface area contributed by atoms with Crippen LogP contribution in [-0.4, -0.2) is 9.13 Å². The Bertz CT molecular complexity index is 717. The standard InChI is InChI=1S/C17H16N2S/c1-18-15(13-9-5-3-6-10-13)16(19(2)17(18)20)14-11-7-4-8-12-14/h3-12H,1-2H3. The second-order valence-electron chi connectivity index (χ2n) is 4.83. The molecule has 0 aliphatic heterocycles. The molecule has 100 valence electrons. The van der Waals surface area contributed by atoms with E-state index in [0.29, 0.717) is 0 Å².